The minimum Gasteiger partial charge on any atom is -0.505 e. The average molecular weight is 211 g/mol. The van der Waals surface area contributed by atoms with Gasteiger partial charge in [-0.15, -0.1) is 0 Å². The van der Waals surface area contributed by atoms with Gasteiger partial charge in [0.25, 0.3) is 0 Å². The summed E-state index contributed by atoms with van der Waals surface area (Å²) in [5.74, 6) is 0.0728. The molecule has 0 saturated heterocycles. The standard InChI is InChI=1S/C12H9N3O/c13-9-7-3-1-5-14-10(7)11-8(12(9)16)4-2-6-15-11/h1-6,16H,13H2. The Morgan fingerprint density at radius 1 is 0.938 bits per heavy atom. The zero-order valence-electron chi connectivity index (χ0n) is 8.38. The van der Waals surface area contributed by atoms with Gasteiger partial charge >= 0.3 is 0 Å². The molecular formula is C12H9N3O. The van der Waals surface area contributed by atoms with E-state index in [1.165, 1.54) is 0 Å². The van der Waals surface area contributed by atoms with Crippen LogP contribution in [-0.4, -0.2) is 15.1 Å². The molecule has 2 aromatic heterocycles. The molecule has 0 aliphatic carbocycles. The van der Waals surface area contributed by atoms with E-state index in [-0.39, 0.29) is 5.75 Å². The molecule has 0 radical (unpaired) electrons. The number of nitrogens with zero attached hydrogens (tertiary/aromatic N) is 2. The molecule has 0 spiro atoms. The van der Waals surface area contributed by atoms with E-state index in [1.807, 2.05) is 6.07 Å². The molecule has 4 heteroatoms. The van der Waals surface area contributed by atoms with Crippen molar-refractivity contribution < 1.29 is 5.11 Å². The Morgan fingerprint density at radius 2 is 1.50 bits per heavy atom. The lowest BCUT2D eigenvalue weighted by atomic mass is 10.1. The number of rotatable bonds is 0. The lowest BCUT2D eigenvalue weighted by Crippen LogP contribution is -1.92. The van der Waals surface area contributed by atoms with Crippen LogP contribution in [0.15, 0.2) is 36.7 Å². The second-order valence-electron chi connectivity index (χ2n) is 3.56. The van der Waals surface area contributed by atoms with Crippen LogP contribution < -0.4 is 5.73 Å². The second-order valence-corrected chi connectivity index (χ2v) is 3.56. The van der Waals surface area contributed by atoms with Crippen molar-refractivity contribution in [3.8, 4) is 5.75 Å². The van der Waals surface area contributed by atoms with Gasteiger partial charge in [-0.3, -0.25) is 9.97 Å². The van der Waals surface area contributed by atoms with Gasteiger partial charge in [0.2, 0.25) is 0 Å². The van der Waals surface area contributed by atoms with Crippen molar-refractivity contribution in [3.05, 3.63) is 36.7 Å². The topological polar surface area (TPSA) is 72.0 Å². The molecule has 0 unspecified atom stereocenters. The van der Waals surface area contributed by atoms with Crippen molar-refractivity contribution in [2.24, 2.45) is 0 Å². The maximum Gasteiger partial charge on any atom is 0.148 e. The monoisotopic (exact) mass is 211 g/mol. The molecule has 3 aromatic rings. The van der Waals surface area contributed by atoms with Crippen molar-refractivity contribution in [1.29, 1.82) is 0 Å². The molecule has 2 heterocycles. The molecule has 0 bridgehead atoms. The van der Waals surface area contributed by atoms with E-state index < -0.39 is 0 Å². The minimum atomic E-state index is 0.0728. The van der Waals surface area contributed by atoms with Crippen molar-refractivity contribution in [3.63, 3.8) is 0 Å². The summed E-state index contributed by atoms with van der Waals surface area (Å²) < 4.78 is 0. The van der Waals surface area contributed by atoms with E-state index in [1.54, 1.807) is 30.6 Å². The zero-order chi connectivity index (χ0) is 11.1. The first kappa shape index (κ1) is 8.91. The van der Waals surface area contributed by atoms with E-state index in [4.69, 9.17) is 5.73 Å². The normalized spacial score (nSPS) is 11.0. The van der Waals surface area contributed by atoms with E-state index in [0.29, 0.717) is 22.1 Å². The summed E-state index contributed by atoms with van der Waals surface area (Å²) in [7, 11) is 0. The summed E-state index contributed by atoms with van der Waals surface area (Å²) in [6, 6.07) is 7.15. The molecule has 0 atom stereocenters. The van der Waals surface area contributed by atoms with E-state index >= 15 is 0 Å². The Balaban J connectivity index is 2.69. The Labute approximate surface area is 91.4 Å². The largest absolute Gasteiger partial charge is 0.505 e. The number of phenolic OH excluding ortho intramolecular Hbond substituents is 1. The fourth-order valence-corrected chi connectivity index (χ4v) is 1.87. The number of pyridine rings is 2. The quantitative estimate of drug-likeness (QED) is 0.339. The molecule has 16 heavy (non-hydrogen) atoms. The van der Waals surface area contributed by atoms with Crippen LogP contribution in [0.5, 0.6) is 5.75 Å². The molecule has 1 aromatic carbocycles. The summed E-state index contributed by atoms with van der Waals surface area (Å²) in [4.78, 5) is 8.49. The maximum atomic E-state index is 9.96. The summed E-state index contributed by atoms with van der Waals surface area (Å²) >= 11 is 0. The highest BCUT2D eigenvalue weighted by molar-refractivity contribution is 6.12. The van der Waals surface area contributed by atoms with Crippen molar-refractivity contribution in [2.45, 2.75) is 0 Å². The molecule has 0 fully saturated rings. The van der Waals surface area contributed by atoms with E-state index in [9.17, 15) is 5.11 Å². The summed E-state index contributed by atoms with van der Waals surface area (Å²) in [5.41, 5.74) is 7.60. The highest BCUT2D eigenvalue weighted by atomic mass is 16.3. The van der Waals surface area contributed by atoms with Gasteiger partial charge < -0.3 is 10.8 Å². The highest BCUT2D eigenvalue weighted by Crippen LogP contribution is 2.36. The molecule has 0 saturated carbocycles. The SMILES string of the molecule is Nc1c(O)c2cccnc2c2ncccc12. The van der Waals surface area contributed by atoms with Crippen LogP contribution in [0.4, 0.5) is 5.69 Å². The summed E-state index contributed by atoms with van der Waals surface area (Å²) in [6.07, 6.45) is 3.36. The highest BCUT2D eigenvalue weighted by Gasteiger charge is 2.11. The number of phenols is 1. The van der Waals surface area contributed by atoms with Gasteiger partial charge in [-0.25, -0.2) is 0 Å². The van der Waals surface area contributed by atoms with E-state index in [2.05, 4.69) is 9.97 Å². The third kappa shape index (κ3) is 1.04. The maximum absolute atomic E-state index is 9.96. The second kappa shape index (κ2) is 3.06. The smallest absolute Gasteiger partial charge is 0.148 e. The number of anilines is 1. The molecule has 4 nitrogen and oxygen atoms in total. The Bertz CT molecular complexity index is 633. The first-order valence-electron chi connectivity index (χ1n) is 4.89. The van der Waals surface area contributed by atoms with Gasteiger partial charge in [0, 0.05) is 23.2 Å². The number of hydrogen-bond acceptors (Lipinski definition) is 4. The fraction of sp³-hybridized carbons (Fsp3) is 0. The lowest BCUT2D eigenvalue weighted by Gasteiger charge is -2.07. The predicted molar refractivity (Wildman–Crippen MR) is 63.1 cm³/mol. The number of nitrogen functional groups attached to an aromatic ring is 1. The van der Waals surface area contributed by atoms with Crippen LogP contribution >= 0.6 is 0 Å². The lowest BCUT2D eigenvalue weighted by molar-refractivity contribution is 0.484. The molecule has 0 aliphatic heterocycles. The summed E-state index contributed by atoms with van der Waals surface area (Å²) in [6.45, 7) is 0. The number of benzene rings is 1. The Hall–Kier alpha value is -2.36. The van der Waals surface area contributed by atoms with E-state index in [0.717, 1.165) is 5.39 Å². The van der Waals surface area contributed by atoms with Crippen LogP contribution in [0, 0.1) is 0 Å². The van der Waals surface area contributed by atoms with Gasteiger partial charge in [-0.2, -0.15) is 0 Å². The average Bonchev–Trinajstić information content (AvgIpc) is 2.36. The van der Waals surface area contributed by atoms with Gasteiger partial charge in [-0.05, 0) is 24.3 Å². The predicted octanol–water partition coefficient (Wildman–Crippen LogP) is 2.07. The summed E-state index contributed by atoms with van der Waals surface area (Å²) in [5, 5.41) is 11.3. The molecule has 78 valence electrons. The third-order valence-corrected chi connectivity index (χ3v) is 2.64. The van der Waals surface area contributed by atoms with Gasteiger partial charge in [0.1, 0.15) is 11.3 Å². The first-order valence-corrected chi connectivity index (χ1v) is 4.89. The first-order chi connectivity index (χ1) is 7.79. The molecule has 3 rings (SSSR count). The number of hydrogen-bond donors (Lipinski definition) is 2. The van der Waals surface area contributed by atoms with Crippen LogP contribution in [0.3, 0.4) is 0 Å². The molecule has 0 aliphatic rings. The van der Waals surface area contributed by atoms with Crippen molar-refractivity contribution in [1.82, 2.24) is 9.97 Å². The molecule has 3 N–H and O–H groups in total. The number of aromatic nitrogens is 2. The molecule has 0 amide bonds. The van der Waals surface area contributed by atoms with Crippen molar-refractivity contribution in [2.75, 3.05) is 5.73 Å². The number of aromatic hydroxyl groups is 1. The Morgan fingerprint density at radius 3 is 2.19 bits per heavy atom. The minimum absolute atomic E-state index is 0.0728. The van der Waals surface area contributed by atoms with Crippen molar-refractivity contribution >= 4 is 27.5 Å². The van der Waals surface area contributed by atoms with Gasteiger partial charge in [-0.1, -0.05) is 0 Å². The number of nitrogens with two attached hydrogens (primary N) is 1. The fourth-order valence-electron chi connectivity index (χ4n) is 1.87. The van der Waals surface area contributed by atoms with Crippen LogP contribution in [0.25, 0.3) is 21.8 Å². The zero-order valence-corrected chi connectivity index (χ0v) is 8.38. The van der Waals surface area contributed by atoms with Crippen LogP contribution in [0.1, 0.15) is 0 Å². The third-order valence-electron chi connectivity index (χ3n) is 2.64. The van der Waals surface area contributed by atoms with Gasteiger partial charge in [0.15, 0.2) is 0 Å². The number of fused-ring (bicyclic) bond motifs is 3. The Kier molecular flexibility index (Phi) is 1.71. The molecular weight excluding hydrogens is 202 g/mol. The van der Waals surface area contributed by atoms with Crippen LogP contribution in [-0.2, 0) is 0 Å². The van der Waals surface area contributed by atoms with Gasteiger partial charge in [0.05, 0.1) is 11.2 Å². The van der Waals surface area contributed by atoms with Crippen LogP contribution in [0.2, 0.25) is 0 Å².